The van der Waals surface area contributed by atoms with E-state index in [4.69, 9.17) is 10.5 Å². The van der Waals surface area contributed by atoms with Gasteiger partial charge in [0.05, 0.1) is 13.2 Å². The zero-order valence-electron chi connectivity index (χ0n) is 11.8. The highest BCUT2D eigenvalue weighted by atomic mass is 19.1. The Morgan fingerprint density at radius 2 is 2.25 bits per heavy atom. The second-order valence-corrected chi connectivity index (χ2v) is 4.47. The van der Waals surface area contributed by atoms with Gasteiger partial charge in [-0.2, -0.15) is 0 Å². The molecule has 0 atom stereocenters. The number of carbonyl (C=O) groups excluding carboxylic acids is 1. The quantitative estimate of drug-likeness (QED) is 0.711. The van der Waals surface area contributed by atoms with Gasteiger partial charge in [-0.1, -0.05) is 6.07 Å². The van der Waals surface area contributed by atoms with Crippen molar-refractivity contribution in [1.29, 1.82) is 0 Å². The normalized spacial score (nSPS) is 10.8. The lowest BCUT2D eigenvalue weighted by molar-refractivity contribution is -0.117. The summed E-state index contributed by atoms with van der Waals surface area (Å²) in [6.07, 6.45) is 0.816. The fourth-order valence-electron chi connectivity index (χ4n) is 1.78. The van der Waals surface area contributed by atoms with Gasteiger partial charge in [0.2, 0.25) is 5.91 Å². The Labute approximate surface area is 118 Å². The molecule has 0 unspecified atom stereocenters. The molecule has 0 spiro atoms. The first-order chi connectivity index (χ1) is 9.65. The maximum absolute atomic E-state index is 13.0. The topological polar surface area (TPSA) is 67.6 Å². The van der Waals surface area contributed by atoms with Crippen molar-refractivity contribution in [2.24, 2.45) is 5.73 Å². The minimum Gasteiger partial charge on any atom is -0.383 e. The van der Waals surface area contributed by atoms with Gasteiger partial charge in [-0.3, -0.25) is 9.69 Å². The minimum absolute atomic E-state index is 0.177. The molecule has 5 nitrogen and oxygen atoms in total. The Morgan fingerprint density at radius 3 is 2.90 bits per heavy atom. The number of halogens is 1. The van der Waals surface area contributed by atoms with Crippen LogP contribution in [-0.2, 0) is 9.53 Å². The van der Waals surface area contributed by atoms with Crippen LogP contribution >= 0.6 is 0 Å². The first-order valence-corrected chi connectivity index (χ1v) is 6.62. The SMILES string of the molecule is COCCN(CCCN)CC(=O)Nc1cccc(F)c1. The maximum Gasteiger partial charge on any atom is 0.238 e. The van der Waals surface area contributed by atoms with Gasteiger partial charge in [0.1, 0.15) is 5.82 Å². The van der Waals surface area contributed by atoms with Gasteiger partial charge in [-0.05, 0) is 37.7 Å². The number of benzene rings is 1. The molecule has 0 fully saturated rings. The van der Waals surface area contributed by atoms with Crippen LogP contribution in [0.5, 0.6) is 0 Å². The zero-order valence-corrected chi connectivity index (χ0v) is 11.8. The van der Waals surface area contributed by atoms with Crippen LogP contribution in [-0.4, -0.2) is 50.7 Å². The van der Waals surface area contributed by atoms with E-state index in [0.29, 0.717) is 25.4 Å². The summed E-state index contributed by atoms with van der Waals surface area (Å²) in [6, 6.07) is 5.83. The van der Waals surface area contributed by atoms with Crippen molar-refractivity contribution in [3.8, 4) is 0 Å². The molecule has 0 aliphatic rings. The Kier molecular flexibility index (Phi) is 7.79. The number of nitrogens with one attached hydrogen (secondary N) is 1. The molecular weight excluding hydrogens is 261 g/mol. The number of methoxy groups -OCH3 is 1. The highest BCUT2D eigenvalue weighted by Gasteiger charge is 2.10. The Bertz CT molecular complexity index is 407. The van der Waals surface area contributed by atoms with Crippen molar-refractivity contribution in [1.82, 2.24) is 4.90 Å². The average molecular weight is 283 g/mol. The van der Waals surface area contributed by atoms with E-state index in [-0.39, 0.29) is 18.3 Å². The van der Waals surface area contributed by atoms with Crippen molar-refractivity contribution >= 4 is 11.6 Å². The molecule has 112 valence electrons. The van der Waals surface area contributed by atoms with Crippen molar-refractivity contribution < 1.29 is 13.9 Å². The van der Waals surface area contributed by atoms with Crippen molar-refractivity contribution in [2.45, 2.75) is 6.42 Å². The van der Waals surface area contributed by atoms with Crippen LogP contribution in [0, 0.1) is 5.82 Å². The van der Waals surface area contributed by atoms with Gasteiger partial charge in [-0.25, -0.2) is 4.39 Å². The molecule has 0 aliphatic carbocycles. The fourth-order valence-corrected chi connectivity index (χ4v) is 1.78. The van der Waals surface area contributed by atoms with Gasteiger partial charge < -0.3 is 15.8 Å². The van der Waals surface area contributed by atoms with Crippen LogP contribution in [0.15, 0.2) is 24.3 Å². The predicted octanol–water partition coefficient (Wildman–Crippen LogP) is 1.06. The third-order valence-electron chi connectivity index (χ3n) is 2.77. The van der Waals surface area contributed by atoms with E-state index in [1.165, 1.54) is 12.1 Å². The molecule has 3 N–H and O–H groups in total. The Hall–Kier alpha value is -1.50. The molecule has 6 heteroatoms. The molecule has 0 bridgehead atoms. The molecule has 0 heterocycles. The summed E-state index contributed by atoms with van der Waals surface area (Å²) in [5, 5.41) is 2.67. The van der Waals surface area contributed by atoms with E-state index < -0.39 is 0 Å². The summed E-state index contributed by atoms with van der Waals surface area (Å²) >= 11 is 0. The number of nitrogens with two attached hydrogens (primary N) is 1. The lowest BCUT2D eigenvalue weighted by Gasteiger charge is -2.21. The predicted molar refractivity (Wildman–Crippen MR) is 77.0 cm³/mol. The second kappa shape index (κ2) is 9.41. The van der Waals surface area contributed by atoms with Crippen LogP contribution in [0.4, 0.5) is 10.1 Å². The van der Waals surface area contributed by atoms with Crippen molar-refractivity contribution in [3.63, 3.8) is 0 Å². The third kappa shape index (κ3) is 6.60. The first-order valence-electron chi connectivity index (χ1n) is 6.62. The largest absolute Gasteiger partial charge is 0.383 e. The third-order valence-corrected chi connectivity index (χ3v) is 2.77. The summed E-state index contributed by atoms with van der Waals surface area (Å²) in [4.78, 5) is 13.9. The van der Waals surface area contributed by atoms with Crippen LogP contribution in [0.3, 0.4) is 0 Å². The average Bonchev–Trinajstić information content (AvgIpc) is 2.41. The summed E-state index contributed by atoms with van der Waals surface area (Å²) in [5.41, 5.74) is 5.94. The number of hydrogen-bond donors (Lipinski definition) is 2. The Morgan fingerprint density at radius 1 is 1.45 bits per heavy atom. The van der Waals surface area contributed by atoms with Crippen LogP contribution in [0.25, 0.3) is 0 Å². The molecule has 1 aromatic carbocycles. The summed E-state index contributed by atoms with van der Waals surface area (Å²) < 4.78 is 18.0. The van der Waals surface area contributed by atoms with E-state index >= 15 is 0 Å². The number of carbonyl (C=O) groups is 1. The first kappa shape index (κ1) is 16.6. The molecule has 0 saturated carbocycles. The summed E-state index contributed by atoms with van der Waals surface area (Å²) in [6.45, 7) is 2.76. The lowest BCUT2D eigenvalue weighted by atomic mass is 10.3. The molecule has 0 radical (unpaired) electrons. The standard InChI is InChI=1S/C14H22FN3O2/c1-20-9-8-18(7-3-6-16)11-14(19)17-13-5-2-4-12(15)10-13/h2,4-5,10H,3,6-9,11,16H2,1H3,(H,17,19). The number of hydrogen-bond acceptors (Lipinski definition) is 4. The van der Waals surface area contributed by atoms with Crippen molar-refractivity contribution in [2.75, 3.05) is 45.2 Å². The number of rotatable bonds is 9. The van der Waals surface area contributed by atoms with E-state index in [9.17, 15) is 9.18 Å². The minimum atomic E-state index is -0.373. The number of amides is 1. The van der Waals surface area contributed by atoms with Gasteiger partial charge in [0.25, 0.3) is 0 Å². The highest BCUT2D eigenvalue weighted by Crippen LogP contribution is 2.09. The van der Waals surface area contributed by atoms with Crippen LogP contribution in [0.2, 0.25) is 0 Å². The number of ether oxygens (including phenoxy) is 1. The molecular formula is C14H22FN3O2. The summed E-state index contributed by atoms with van der Waals surface area (Å²) in [5.74, 6) is -0.550. The van der Waals surface area contributed by atoms with E-state index in [1.807, 2.05) is 4.90 Å². The molecule has 1 amide bonds. The monoisotopic (exact) mass is 283 g/mol. The molecule has 0 aromatic heterocycles. The van der Waals surface area contributed by atoms with E-state index in [2.05, 4.69) is 5.32 Å². The van der Waals surface area contributed by atoms with Crippen LogP contribution < -0.4 is 11.1 Å². The van der Waals surface area contributed by atoms with Gasteiger partial charge in [0.15, 0.2) is 0 Å². The number of anilines is 1. The molecule has 1 aromatic rings. The maximum atomic E-state index is 13.0. The smallest absolute Gasteiger partial charge is 0.238 e. The van der Waals surface area contributed by atoms with E-state index in [1.54, 1.807) is 19.2 Å². The highest BCUT2D eigenvalue weighted by molar-refractivity contribution is 5.92. The Balaban J connectivity index is 2.47. The van der Waals surface area contributed by atoms with Gasteiger partial charge >= 0.3 is 0 Å². The van der Waals surface area contributed by atoms with E-state index in [0.717, 1.165) is 13.0 Å². The zero-order chi connectivity index (χ0) is 14.8. The summed E-state index contributed by atoms with van der Waals surface area (Å²) in [7, 11) is 1.62. The lowest BCUT2D eigenvalue weighted by Crippen LogP contribution is -2.36. The van der Waals surface area contributed by atoms with Gasteiger partial charge in [0, 0.05) is 19.3 Å². The molecule has 1 rings (SSSR count). The van der Waals surface area contributed by atoms with Crippen molar-refractivity contribution in [3.05, 3.63) is 30.1 Å². The second-order valence-electron chi connectivity index (χ2n) is 4.47. The molecule has 20 heavy (non-hydrogen) atoms. The molecule has 0 saturated heterocycles. The number of nitrogens with zero attached hydrogens (tertiary/aromatic N) is 1. The van der Waals surface area contributed by atoms with Gasteiger partial charge in [-0.15, -0.1) is 0 Å². The fraction of sp³-hybridized carbons (Fsp3) is 0.500. The van der Waals surface area contributed by atoms with Crippen LogP contribution in [0.1, 0.15) is 6.42 Å². The molecule has 0 aliphatic heterocycles.